The molecule has 1 aromatic rings. The Labute approximate surface area is 197 Å². The SMILES string of the molecule is COc1cc(C#N)ccc1OCCCC(=O)N1CCC(C(=O)NCC(C)(C)CN(C)C)CC1. The number of rotatable bonds is 11. The van der Waals surface area contributed by atoms with Crippen molar-refractivity contribution in [3.05, 3.63) is 23.8 Å². The maximum Gasteiger partial charge on any atom is 0.223 e. The second kappa shape index (κ2) is 12.4. The molecule has 8 heteroatoms. The second-order valence-corrected chi connectivity index (χ2v) is 9.70. The highest BCUT2D eigenvalue weighted by atomic mass is 16.5. The number of carbonyl (C=O) groups excluding carboxylic acids is 2. The van der Waals surface area contributed by atoms with Gasteiger partial charge in [-0.05, 0) is 50.9 Å². The Morgan fingerprint density at radius 2 is 1.94 bits per heavy atom. The number of nitriles is 1. The lowest BCUT2D eigenvalue weighted by atomic mass is 9.91. The summed E-state index contributed by atoms with van der Waals surface area (Å²) in [7, 11) is 5.60. The molecular formula is C25H38N4O4. The molecule has 0 unspecified atom stereocenters. The number of piperidine rings is 1. The quantitative estimate of drug-likeness (QED) is 0.512. The topological polar surface area (TPSA) is 94.9 Å². The van der Waals surface area contributed by atoms with E-state index in [1.54, 1.807) is 18.2 Å². The summed E-state index contributed by atoms with van der Waals surface area (Å²) >= 11 is 0. The molecule has 33 heavy (non-hydrogen) atoms. The van der Waals surface area contributed by atoms with Gasteiger partial charge >= 0.3 is 0 Å². The van der Waals surface area contributed by atoms with Crippen LogP contribution < -0.4 is 14.8 Å². The Morgan fingerprint density at radius 3 is 2.55 bits per heavy atom. The molecule has 1 heterocycles. The van der Waals surface area contributed by atoms with Crippen molar-refractivity contribution >= 4 is 11.8 Å². The monoisotopic (exact) mass is 458 g/mol. The first-order valence-electron chi connectivity index (χ1n) is 11.6. The summed E-state index contributed by atoms with van der Waals surface area (Å²) in [5.74, 6) is 1.22. The molecule has 0 radical (unpaired) electrons. The first-order chi connectivity index (χ1) is 15.6. The molecule has 0 aromatic heterocycles. The maximum absolute atomic E-state index is 12.6. The van der Waals surface area contributed by atoms with Gasteiger partial charge in [-0.2, -0.15) is 5.26 Å². The number of benzene rings is 1. The van der Waals surface area contributed by atoms with Crippen molar-refractivity contribution in [1.82, 2.24) is 15.1 Å². The normalized spacial score (nSPS) is 14.6. The molecule has 182 valence electrons. The molecule has 1 aliphatic heterocycles. The lowest BCUT2D eigenvalue weighted by molar-refractivity contribution is -0.135. The van der Waals surface area contributed by atoms with Gasteiger partial charge in [-0.15, -0.1) is 0 Å². The van der Waals surface area contributed by atoms with Gasteiger partial charge in [0.05, 0.1) is 25.3 Å². The minimum absolute atomic E-state index is 0.0136. The largest absolute Gasteiger partial charge is 0.493 e. The number of likely N-dealkylation sites (tertiary alicyclic amines) is 1. The zero-order valence-electron chi connectivity index (χ0n) is 20.6. The smallest absolute Gasteiger partial charge is 0.223 e. The van der Waals surface area contributed by atoms with E-state index < -0.39 is 0 Å². The standard InChI is InChI=1S/C25H38N4O4/c1-25(2,18-28(3)4)17-27-24(31)20-10-12-29(13-11-20)23(30)7-6-14-33-21-9-8-19(16-26)15-22(21)32-5/h8-9,15,20H,6-7,10-14,17-18H2,1-5H3,(H,27,31). The van der Waals surface area contributed by atoms with Crippen molar-refractivity contribution in [3.63, 3.8) is 0 Å². The highest BCUT2D eigenvalue weighted by Crippen LogP contribution is 2.28. The molecule has 0 spiro atoms. The maximum atomic E-state index is 12.6. The van der Waals surface area contributed by atoms with E-state index in [0.717, 1.165) is 6.54 Å². The van der Waals surface area contributed by atoms with Gasteiger partial charge in [0.1, 0.15) is 0 Å². The van der Waals surface area contributed by atoms with Gasteiger partial charge in [-0.25, -0.2) is 0 Å². The van der Waals surface area contributed by atoms with Gasteiger partial charge in [0.2, 0.25) is 11.8 Å². The molecule has 0 bridgehead atoms. The Hall–Kier alpha value is -2.79. The summed E-state index contributed by atoms with van der Waals surface area (Å²) in [6, 6.07) is 7.07. The third-order valence-electron chi connectivity index (χ3n) is 5.79. The fourth-order valence-electron chi connectivity index (χ4n) is 4.19. The molecule has 1 fully saturated rings. The predicted molar refractivity (Wildman–Crippen MR) is 127 cm³/mol. The van der Waals surface area contributed by atoms with E-state index in [-0.39, 0.29) is 23.1 Å². The molecule has 2 rings (SSSR count). The van der Waals surface area contributed by atoms with Crippen LogP contribution in [0.3, 0.4) is 0 Å². The molecule has 0 aliphatic carbocycles. The van der Waals surface area contributed by atoms with Crippen molar-refractivity contribution in [1.29, 1.82) is 5.26 Å². The number of hydrogen-bond donors (Lipinski definition) is 1. The van der Waals surface area contributed by atoms with Crippen molar-refractivity contribution in [3.8, 4) is 17.6 Å². The third kappa shape index (κ3) is 8.58. The summed E-state index contributed by atoms with van der Waals surface area (Å²) in [5.41, 5.74) is 0.517. The number of methoxy groups -OCH3 is 1. The number of carbonyl (C=O) groups is 2. The highest BCUT2D eigenvalue weighted by molar-refractivity contribution is 5.80. The van der Waals surface area contributed by atoms with Crippen LogP contribution in [-0.4, -0.2) is 75.6 Å². The van der Waals surface area contributed by atoms with E-state index in [0.29, 0.717) is 69.0 Å². The van der Waals surface area contributed by atoms with Gasteiger partial charge < -0.3 is 24.6 Å². The van der Waals surface area contributed by atoms with Crippen molar-refractivity contribution in [2.24, 2.45) is 11.3 Å². The number of amides is 2. The van der Waals surface area contributed by atoms with E-state index in [1.807, 2.05) is 19.0 Å². The van der Waals surface area contributed by atoms with Crippen LogP contribution in [0.25, 0.3) is 0 Å². The lowest BCUT2D eigenvalue weighted by Crippen LogP contribution is -2.46. The minimum Gasteiger partial charge on any atom is -0.493 e. The van der Waals surface area contributed by atoms with Crippen LogP contribution in [0.5, 0.6) is 11.5 Å². The van der Waals surface area contributed by atoms with Gasteiger partial charge in [0, 0.05) is 44.6 Å². The minimum atomic E-state index is -0.0311. The average molecular weight is 459 g/mol. The zero-order valence-corrected chi connectivity index (χ0v) is 20.6. The second-order valence-electron chi connectivity index (χ2n) is 9.70. The Kier molecular flexibility index (Phi) is 9.98. The number of nitrogens with zero attached hydrogens (tertiary/aromatic N) is 3. The van der Waals surface area contributed by atoms with Crippen LogP contribution in [0.2, 0.25) is 0 Å². The molecule has 1 saturated heterocycles. The van der Waals surface area contributed by atoms with Gasteiger partial charge in [-0.3, -0.25) is 9.59 Å². The molecule has 8 nitrogen and oxygen atoms in total. The molecule has 1 aromatic carbocycles. The van der Waals surface area contributed by atoms with E-state index in [1.165, 1.54) is 7.11 Å². The first kappa shape index (κ1) is 26.5. The van der Waals surface area contributed by atoms with Crippen LogP contribution in [0.1, 0.15) is 45.1 Å². The summed E-state index contributed by atoms with van der Waals surface area (Å²) < 4.78 is 11.0. The summed E-state index contributed by atoms with van der Waals surface area (Å²) in [5, 5.41) is 12.1. The van der Waals surface area contributed by atoms with Crippen LogP contribution >= 0.6 is 0 Å². The first-order valence-corrected chi connectivity index (χ1v) is 11.6. The molecule has 0 saturated carbocycles. The van der Waals surface area contributed by atoms with Crippen molar-refractivity contribution < 1.29 is 19.1 Å². The van der Waals surface area contributed by atoms with Crippen LogP contribution in [-0.2, 0) is 9.59 Å². The highest BCUT2D eigenvalue weighted by Gasteiger charge is 2.28. The lowest BCUT2D eigenvalue weighted by Gasteiger charge is -2.33. The van der Waals surface area contributed by atoms with Crippen LogP contribution in [0, 0.1) is 22.7 Å². The van der Waals surface area contributed by atoms with E-state index in [9.17, 15) is 9.59 Å². The Morgan fingerprint density at radius 1 is 1.24 bits per heavy atom. The Bertz CT molecular complexity index is 839. The zero-order chi connectivity index (χ0) is 24.4. The molecule has 1 N–H and O–H groups in total. The number of hydrogen-bond acceptors (Lipinski definition) is 6. The van der Waals surface area contributed by atoms with E-state index in [4.69, 9.17) is 14.7 Å². The van der Waals surface area contributed by atoms with Gasteiger partial charge in [0.15, 0.2) is 11.5 Å². The summed E-state index contributed by atoms with van der Waals surface area (Å²) in [6.07, 6.45) is 2.38. The van der Waals surface area contributed by atoms with E-state index in [2.05, 4.69) is 30.1 Å². The third-order valence-corrected chi connectivity index (χ3v) is 5.79. The Balaban J connectivity index is 1.69. The number of ether oxygens (including phenoxy) is 2. The predicted octanol–water partition coefficient (Wildman–Crippen LogP) is 2.67. The number of nitrogens with one attached hydrogen (secondary N) is 1. The van der Waals surface area contributed by atoms with Crippen LogP contribution in [0.4, 0.5) is 0 Å². The molecule has 1 aliphatic rings. The molecular weight excluding hydrogens is 420 g/mol. The average Bonchev–Trinajstić information content (AvgIpc) is 2.79. The van der Waals surface area contributed by atoms with Gasteiger partial charge in [-0.1, -0.05) is 13.8 Å². The fourth-order valence-corrected chi connectivity index (χ4v) is 4.19. The van der Waals surface area contributed by atoms with Crippen molar-refractivity contribution in [2.45, 2.75) is 39.5 Å². The summed E-state index contributed by atoms with van der Waals surface area (Å²) in [4.78, 5) is 29.1. The molecule has 0 atom stereocenters. The van der Waals surface area contributed by atoms with Gasteiger partial charge in [0.25, 0.3) is 0 Å². The van der Waals surface area contributed by atoms with E-state index >= 15 is 0 Å². The van der Waals surface area contributed by atoms with Crippen LogP contribution in [0.15, 0.2) is 18.2 Å². The summed E-state index contributed by atoms with van der Waals surface area (Å²) in [6.45, 7) is 7.46. The molecule has 2 amide bonds. The van der Waals surface area contributed by atoms with Crippen molar-refractivity contribution in [2.75, 3.05) is 54.0 Å². The fraction of sp³-hybridized carbons (Fsp3) is 0.640.